The average Bonchev–Trinajstić information content (AvgIpc) is 2.56. The largest absolute Gasteiger partial charge is 0.337 e. The molecule has 0 aromatic carbocycles. The minimum Gasteiger partial charge on any atom is -0.337 e. The maximum Gasteiger partial charge on any atom is 0.270 e. The minimum absolute atomic E-state index is 0.00657. The highest BCUT2D eigenvalue weighted by molar-refractivity contribution is 6.39. The summed E-state index contributed by atoms with van der Waals surface area (Å²) in [6.45, 7) is 4.06. The normalized spacial score (nSPS) is 25.4. The van der Waals surface area contributed by atoms with Crippen LogP contribution in [0.2, 0.25) is 0 Å². The monoisotopic (exact) mass is 292 g/mol. The van der Waals surface area contributed by atoms with Crippen LogP contribution >= 0.6 is 0 Å². The lowest BCUT2D eigenvalue weighted by atomic mass is 9.99. The average molecular weight is 292 g/mol. The Kier molecular flexibility index (Phi) is 4.53. The van der Waals surface area contributed by atoms with Crippen molar-refractivity contribution in [3.05, 3.63) is 0 Å². The van der Waals surface area contributed by atoms with Crippen LogP contribution in [0.3, 0.4) is 0 Å². The molecule has 0 unspecified atom stereocenters. The fraction of sp³-hybridized carbons (Fsp3) is 0.800. The summed E-state index contributed by atoms with van der Waals surface area (Å²) in [7, 11) is 0. The van der Waals surface area contributed by atoms with Crippen LogP contribution in [0.5, 0.6) is 0 Å². The fourth-order valence-electron chi connectivity index (χ4n) is 3.53. The van der Waals surface area contributed by atoms with Crippen LogP contribution in [0.25, 0.3) is 0 Å². The van der Waals surface area contributed by atoms with Gasteiger partial charge in [-0.15, -0.1) is 0 Å². The van der Waals surface area contributed by atoms with Gasteiger partial charge in [-0.1, -0.05) is 6.42 Å². The van der Waals surface area contributed by atoms with Crippen molar-refractivity contribution in [2.24, 2.45) is 5.10 Å². The minimum atomic E-state index is -0.102. The van der Waals surface area contributed by atoms with Gasteiger partial charge in [-0.2, -0.15) is 5.10 Å². The molecule has 3 heterocycles. The molecule has 0 spiro atoms. The quantitative estimate of drug-likeness (QED) is 0.816. The van der Waals surface area contributed by atoms with Crippen molar-refractivity contribution in [1.29, 1.82) is 0 Å². The number of hydrogen-bond acceptors (Lipinski definition) is 4. The zero-order chi connectivity index (χ0) is 14.7. The van der Waals surface area contributed by atoms with E-state index in [4.69, 9.17) is 0 Å². The first-order valence-electron chi connectivity index (χ1n) is 8.13. The van der Waals surface area contributed by atoms with Gasteiger partial charge < -0.3 is 9.80 Å². The van der Waals surface area contributed by atoms with E-state index in [1.165, 1.54) is 32.4 Å². The molecule has 3 rings (SSSR count). The molecule has 0 aliphatic carbocycles. The van der Waals surface area contributed by atoms with E-state index < -0.39 is 0 Å². The van der Waals surface area contributed by atoms with E-state index in [2.05, 4.69) is 15.4 Å². The van der Waals surface area contributed by atoms with Gasteiger partial charge >= 0.3 is 0 Å². The van der Waals surface area contributed by atoms with Crippen LogP contribution in [-0.2, 0) is 9.59 Å². The van der Waals surface area contributed by atoms with Gasteiger partial charge in [0.25, 0.3) is 5.91 Å². The molecule has 6 heteroatoms. The third kappa shape index (κ3) is 3.43. The molecule has 0 atom stereocenters. The molecule has 0 radical (unpaired) electrons. The van der Waals surface area contributed by atoms with Crippen molar-refractivity contribution in [3.63, 3.8) is 0 Å². The molecule has 2 amide bonds. The lowest BCUT2D eigenvalue weighted by Crippen LogP contribution is -2.50. The Labute approximate surface area is 125 Å². The van der Waals surface area contributed by atoms with E-state index >= 15 is 0 Å². The van der Waals surface area contributed by atoms with Crippen LogP contribution in [0.15, 0.2) is 5.10 Å². The van der Waals surface area contributed by atoms with Crippen molar-refractivity contribution in [2.75, 3.05) is 26.2 Å². The standard InChI is InChI=1S/C15H24N4O2/c20-14-5-4-13(16-17-14)15(21)19-10-6-12(7-11-19)18-8-2-1-3-9-18/h12H,1-11H2,(H,17,20). The van der Waals surface area contributed by atoms with Gasteiger partial charge in [-0.25, -0.2) is 5.43 Å². The zero-order valence-electron chi connectivity index (χ0n) is 12.5. The summed E-state index contributed by atoms with van der Waals surface area (Å²) in [5.41, 5.74) is 2.91. The molecule has 0 bridgehead atoms. The predicted molar refractivity (Wildman–Crippen MR) is 79.8 cm³/mol. The second kappa shape index (κ2) is 6.56. The van der Waals surface area contributed by atoms with Crippen molar-refractivity contribution < 1.29 is 9.59 Å². The molecule has 1 N–H and O–H groups in total. The number of hydrazone groups is 1. The summed E-state index contributed by atoms with van der Waals surface area (Å²) < 4.78 is 0. The molecule has 6 nitrogen and oxygen atoms in total. The second-order valence-corrected chi connectivity index (χ2v) is 6.21. The highest BCUT2D eigenvalue weighted by Crippen LogP contribution is 2.21. The van der Waals surface area contributed by atoms with Crippen molar-refractivity contribution in [3.8, 4) is 0 Å². The van der Waals surface area contributed by atoms with Gasteiger partial charge in [0.1, 0.15) is 5.71 Å². The van der Waals surface area contributed by atoms with E-state index in [1.807, 2.05) is 4.90 Å². The number of nitrogens with zero attached hydrogens (tertiary/aromatic N) is 3. The summed E-state index contributed by atoms with van der Waals surface area (Å²) in [6.07, 6.45) is 6.95. The smallest absolute Gasteiger partial charge is 0.270 e. The van der Waals surface area contributed by atoms with Crippen LogP contribution in [0.4, 0.5) is 0 Å². The Hall–Kier alpha value is -1.43. The Morgan fingerprint density at radius 2 is 1.76 bits per heavy atom. The van der Waals surface area contributed by atoms with E-state index in [1.54, 1.807) is 0 Å². The lowest BCUT2D eigenvalue weighted by Gasteiger charge is -2.40. The Bertz CT molecular complexity index is 435. The summed E-state index contributed by atoms with van der Waals surface area (Å²) in [5.74, 6) is -0.0950. The van der Waals surface area contributed by atoms with E-state index in [-0.39, 0.29) is 11.8 Å². The molecular weight excluding hydrogens is 268 g/mol. The summed E-state index contributed by atoms with van der Waals surface area (Å²) in [4.78, 5) is 28.0. The number of carbonyl (C=O) groups excluding carboxylic acids is 2. The number of rotatable bonds is 2. The van der Waals surface area contributed by atoms with Gasteiger partial charge in [-0.3, -0.25) is 9.59 Å². The van der Waals surface area contributed by atoms with Gasteiger partial charge in [0.2, 0.25) is 5.91 Å². The Morgan fingerprint density at radius 3 is 2.38 bits per heavy atom. The maximum absolute atomic E-state index is 12.4. The third-order valence-corrected chi connectivity index (χ3v) is 4.81. The van der Waals surface area contributed by atoms with Crippen molar-refractivity contribution in [2.45, 2.75) is 51.0 Å². The van der Waals surface area contributed by atoms with E-state index in [0.29, 0.717) is 24.6 Å². The molecule has 2 saturated heterocycles. The van der Waals surface area contributed by atoms with Gasteiger partial charge in [0, 0.05) is 32.0 Å². The number of carbonyl (C=O) groups is 2. The third-order valence-electron chi connectivity index (χ3n) is 4.81. The van der Waals surface area contributed by atoms with Crippen LogP contribution in [0, 0.1) is 0 Å². The summed E-state index contributed by atoms with van der Waals surface area (Å²) in [6, 6.07) is 0.641. The van der Waals surface area contributed by atoms with Crippen molar-refractivity contribution >= 4 is 17.5 Å². The Balaban J connectivity index is 1.51. The second-order valence-electron chi connectivity index (χ2n) is 6.21. The number of likely N-dealkylation sites (tertiary alicyclic amines) is 2. The Morgan fingerprint density at radius 1 is 1.05 bits per heavy atom. The first-order valence-corrected chi connectivity index (χ1v) is 8.13. The lowest BCUT2D eigenvalue weighted by molar-refractivity contribution is -0.126. The molecular formula is C15H24N4O2. The SMILES string of the molecule is O=C1CCC(C(=O)N2CCC(N3CCCCC3)CC2)=NN1. The first kappa shape index (κ1) is 14.5. The molecule has 0 aromatic rings. The van der Waals surface area contributed by atoms with Gasteiger partial charge in [0.05, 0.1) is 0 Å². The maximum atomic E-state index is 12.4. The van der Waals surface area contributed by atoms with Crippen molar-refractivity contribution in [1.82, 2.24) is 15.2 Å². The van der Waals surface area contributed by atoms with Crippen LogP contribution < -0.4 is 5.43 Å². The van der Waals surface area contributed by atoms with Gasteiger partial charge in [0.15, 0.2) is 0 Å². The summed E-state index contributed by atoms with van der Waals surface area (Å²) >= 11 is 0. The molecule has 3 aliphatic rings. The first-order chi connectivity index (χ1) is 10.2. The highest BCUT2D eigenvalue weighted by atomic mass is 16.2. The van der Waals surface area contributed by atoms with E-state index in [0.717, 1.165) is 25.9 Å². The molecule has 0 aromatic heterocycles. The topological polar surface area (TPSA) is 65.0 Å². The molecule has 0 saturated carbocycles. The fourth-order valence-corrected chi connectivity index (χ4v) is 3.53. The van der Waals surface area contributed by atoms with E-state index in [9.17, 15) is 9.59 Å². The molecule has 2 fully saturated rings. The van der Waals surface area contributed by atoms with Gasteiger partial charge in [-0.05, 0) is 38.8 Å². The molecule has 21 heavy (non-hydrogen) atoms. The summed E-state index contributed by atoms with van der Waals surface area (Å²) in [5, 5.41) is 3.91. The zero-order valence-corrected chi connectivity index (χ0v) is 12.5. The van der Waals surface area contributed by atoms with Crippen LogP contribution in [0.1, 0.15) is 44.9 Å². The number of nitrogens with one attached hydrogen (secondary N) is 1. The highest BCUT2D eigenvalue weighted by Gasteiger charge is 2.30. The predicted octanol–water partition coefficient (Wildman–Crippen LogP) is 0.729. The number of amides is 2. The molecule has 116 valence electrons. The number of piperidine rings is 2. The van der Waals surface area contributed by atoms with Crippen LogP contribution in [-0.4, -0.2) is 59.5 Å². The molecule has 3 aliphatic heterocycles. The number of hydrogen-bond donors (Lipinski definition) is 1.